The number of aromatic nitrogens is 3. The van der Waals surface area contributed by atoms with Crippen molar-refractivity contribution in [3.8, 4) is 0 Å². The van der Waals surface area contributed by atoms with Crippen molar-refractivity contribution < 1.29 is 9.59 Å². The molecule has 0 radical (unpaired) electrons. The van der Waals surface area contributed by atoms with Crippen molar-refractivity contribution in [3.05, 3.63) is 11.9 Å². The summed E-state index contributed by atoms with van der Waals surface area (Å²) >= 11 is 0. The first-order chi connectivity index (χ1) is 9.72. The molecule has 1 aromatic heterocycles. The van der Waals surface area contributed by atoms with Crippen LogP contribution in [0.2, 0.25) is 0 Å². The van der Waals surface area contributed by atoms with E-state index >= 15 is 0 Å². The number of nitrogens with one attached hydrogen (secondary N) is 2. The van der Waals surface area contributed by atoms with Crippen LogP contribution in [0.3, 0.4) is 0 Å². The molecule has 2 fully saturated rings. The molecular weight excluding hydrogens is 260 g/mol. The first-order valence-corrected chi connectivity index (χ1v) is 6.90. The Hall–Kier alpha value is -1.96. The highest BCUT2D eigenvalue weighted by Gasteiger charge is 2.26. The molecule has 0 aromatic carbocycles. The maximum atomic E-state index is 11.9. The van der Waals surface area contributed by atoms with Crippen LogP contribution in [-0.2, 0) is 17.9 Å². The molecule has 2 N–H and O–H groups in total. The summed E-state index contributed by atoms with van der Waals surface area (Å²) in [7, 11) is 0. The summed E-state index contributed by atoms with van der Waals surface area (Å²) in [6, 6.07) is -0.332. The molecule has 0 bridgehead atoms. The van der Waals surface area contributed by atoms with Gasteiger partial charge < -0.3 is 10.6 Å². The molecule has 8 heteroatoms. The van der Waals surface area contributed by atoms with E-state index in [1.165, 1.54) is 22.4 Å². The zero-order valence-corrected chi connectivity index (χ0v) is 11.2. The zero-order valence-electron chi connectivity index (χ0n) is 11.2. The summed E-state index contributed by atoms with van der Waals surface area (Å²) in [4.78, 5) is 24.5. The minimum absolute atomic E-state index is 0.0447. The van der Waals surface area contributed by atoms with E-state index in [1.54, 1.807) is 6.20 Å². The second kappa shape index (κ2) is 5.58. The number of rotatable bonds is 6. The summed E-state index contributed by atoms with van der Waals surface area (Å²) < 4.78 is 1.47. The normalized spacial score (nSPS) is 18.4. The summed E-state index contributed by atoms with van der Waals surface area (Å²) in [5.41, 5.74) is 0.810. The Balaban J connectivity index is 1.48. The second-order valence-corrected chi connectivity index (χ2v) is 5.26. The number of hydrogen-bond donors (Lipinski definition) is 2. The van der Waals surface area contributed by atoms with E-state index in [4.69, 9.17) is 0 Å². The van der Waals surface area contributed by atoms with Crippen molar-refractivity contribution >= 4 is 11.9 Å². The van der Waals surface area contributed by atoms with Crippen LogP contribution >= 0.6 is 0 Å². The average Bonchev–Trinajstić information content (AvgIpc) is 2.97. The van der Waals surface area contributed by atoms with Crippen molar-refractivity contribution in [2.75, 3.05) is 19.6 Å². The Labute approximate surface area is 116 Å². The van der Waals surface area contributed by atoms with E-state index in [2.05, 4.69) is 20.9 Å². The Bertz CT molecular complexity index is 510. The molecule has 1 aliphatic heterocycles. The van der Waals surface area contributed by atoms with E-state index in [0.29, 0.717) is 19.6 Å². The van der Waals surface area contributed by atoms with Crippen LogP contribution in [0, 0.1) is 5.92 Å². The Morgan fingerprint density at radius 1 is 1.50 bits per heavy atom. The fourth-order valence-electron chi connectivity index (χ4n) is 2.16. The van der Waals surface area contributed by atoms with Gasteiger partial charge in [0.1, 0.15) is 6.54 Å². The van der Waals surface area contributed by atoms with E-state index in [0.717, 1.165) is 18.2 Å². The van der Waals surface area contributed by atoms with Crippen LogP contribution in [-0.4, -0.2) is 51.5 Å². The zero-order chi connectivity index (χ0) is 13.9. The number of urea groups is 1. The molecule has 1 aliphatic carbocycles. The second-order valence-electron chi connectivity index (χ2n) is 5.26. The standard InChI is InChI=1S/C12H18N6O2/c19-11(18-4-3-14-12(18)20)8-17-7-10(15-16-17)6-13-5-9-1-2-9/h7,9,13H,1-6,8H2,(H,14,20). The highest BCUT2D eigenvalue weighted by Crippen LogP contribution is 2.27. The third-order valence-corrected chi connectivity index (χ3v) is 3.48. The molecule has 1 aromatic rings. The Morgan fingerprint density at radius 2 is 2.35 bits per heavy atom. The number of amides is 3. The van der Waals surface area contributed by atoms with Crippen LogP contribution < -0.4 is 10.6 Å². The minimum Gasteiger partial charge on any atom is -0.336 e. The van der Waals surface area contributed by atoms with Crippen molar-refractivity contribution in [1.82, 2.24) is 30.5 Å². The number of nitrogens with zero attached hydrogens (tertiary/aromatic N) is 4. The average molecular weight is 278 g/mol. The van der Waals surface area contributed by atoms with Crippen LogP contribution in [0.15, 0.2) is 6.20 Å². The molecule has 0 unspecified atom stereocenters. The predicted octanol–water partition coefficient (Wildman–Crippen LogP) is -0.670. The van der Waals surface area contributed by atoms with Gasteiger partial charge in [0.15, 0.2) is 0 Å². The number of carbonyl (C=O) groups excluding carboxylic acids is 2. The van der Waals surface area contributed by atoms with Gasteiger partial charge in [-0.15, -0.1) is 5.10 Å². The molecule has 2 heterocycles. The molecule has 0 spiro atoms. The lowest BCUT2D eigenvalue weighted by atomic mass is 10.4. The molecule has 1 saturated carbocycles. The van der Waals surface area contributed by atoms with Gasteiger partial charge in [0.05, 0.1) is 11.9 Å². The maximum absolute atomic E-state index is 11.9. The number of carbonyl (C=O) groups is 2. The van der Waals surface area contributed by atoms with Gasteiger partial charge in [-0.2, -0.15) is 0 Å². The smallest absolute Gasteiger partial charge is 0.324 e. The summed E-state index contributed by atoms with van der Waals surface area (Å²) in [5, 5.41) is 13.8. The summed E-state index contributed by atoms with van der Waals surface area (Å²) in [6.07, 6.45) is 4.37. The van der Waals surface area contributed by atoms with E-state index < -0.39 is 0 Å². The predicted molar refractivity (Wildman–Crippen MR) is 69.6 cm³/mol. The molecule has 3 amide bonds. The third kappa shape index (κ3) is 3.13. The van der Waals surface area contributed by atoms with Gasteiger partial charge in [-0.1, -0.05) is 5.21 Å². The van der Waals surface area contributed by atoms with Gasteiger partial charge in [0.2, 0.25) is 0 Å². The topological polar surface area (TPSA) is 92.2 Å². The largest absolute Gasteiger partial charge is 0.336 e. The fraction of sp³-hybridized carbons (Fsp3) is 0.667. The molecule has 20 heavy (non-hydrogen) atoms. The van der Waals surface area contributed by atoms with Crippen molar-refractivity contribution in [3.63, 3.8) is 0 Å². The van der Waals surface area contributed by atoms with E-state index in [-0.39, 0.29) is 18.5 Å². The van der Waals surface area contributed by atoms with Crippen molar-refractivity contribution in [2.24, 2.45) is 5.92 Å². The van der Waals surface area contributed by atoms with Gasteiger partial charge >= 0.3 is 6.03 Å². The first-order valence-electron chi connectivity index (χ1n) is 6.90. The summed E-state index contributed by atoms with van der Waals surface area (Å²) in [6.45, 7) is 2.65. The minimum atomic E-state index is -0.332. The highest BCUT2D eigenvalue weighted by atomic mass is 16.2. The maximum Gasteiger partial charge on any atom is 0.324 e. The number of hydrogen-bond acceptors (Lipinski definition) is 5. The molecule has 8 nitrogen and oxygen atoms in total. The molecule has 3 rings (SSSR count). The molecule has 1 saturated heterocycles. The van der Waals surface area contributed by atoms with E-state index in [1.807, 2.05) is 0 Å². The molecule has 0 atom stereocenters. The Morgan fingerprint density at radius 3 is 3.05 bits per heavy atom. The van der Waals surface area contributed by atoms with Crippen LogP contribution in [0.25, 0.3) is 0 Å². The quantitative estimate of drug-likeness (QED) is 0.720. The van der Waals surface area contributed by atoms with Gasteiger partial charge in [0.25, 0.3) is 5.91 Å². The van der Waals surface area contributed by atoms with Crippen LogP contribution in [0.5, 0.6) is 0 Å². The fourth-order valence-corrected chi connectivity index (χ4v) is 2.16. The lowest BCUT2D eigenvalue weighted by Gasteiger charge is -2.11. The monoisotopic (exact) mass is 278 g/mol. The molecule has 2 aliphatic rings. The van der Waals surface area contributed by atoms with Crippen molar-refractivity contribution in [2.45, 2.75) is 25.9 Å². The summed E-state index contributed by atoms with van der Waals surface area (Å²) in [5.74, 6) is 0.558. The SMILES string of the molecule is O=C(Cn1cc(CNCC2CC2)nn1)N1CCNC1=O. The van der Waals surface area contributed by atoms with Crippen LogP contribution in [0.1, 0.15) is 18.5 Å². The van der Waals surface area contributed by atoms with Crippen molar-refractivity contribution in [1.29, 1.82) is 0 Å². The van der Waals surface area contributed by atoms with Gasteiger partial charge in [0, 0.05) is 19.6 Å². The van der Waals surface area contributed by atoms with Crippen LogP contribution in [0.4, 0.5) is 4.79 Å². The lowest BCUT2D eigenvalue weighted by molar-refractivity contribution is -0.128. The number of imide groups is 1. The van der Waals surface area contributed by atoms with Gasteiger partial charge in [-0.3, -0.25) is 9.69 Å². The lowest BCUT2D eigenvalue weighted by Crippen LogP contribution is -2.36. The Kier molecular flexibility index (Phi) is 3.64. The third-order valence-electron chi connectivity index (χ3n) is 3.48. The molecule has 108 valence electrons. The van der Waals surface area contributed by atoms with Gasteiger partial charge in [-0.05, 0) is 25.3 Å². The highest BCUT2D eigenvalue weighted by molar-refractivity contribution is 5.95. The van der Waals surface area contributed by atoms with E-state index in [9.17, 15) is 9.59 Å². The van der Waals surface area contributed by atoms with Gasteiger partial charge in [-0.25, -0.2) is 9.48 Å². The molecular formula is C12H18N6O2. The first kappa shape index (κ1) is 13.0.